The predicted molar refractivity (Wildman–Crippen MR) is 65.5 cm³/mol. The van der Waals surface area contributed by atoms with Crippen LogP contribution in [-0.4, -0.2) is 33.5 Å². The number of amides is 1. The van der Waals surface area contributed by atoms with Gasteiger partial charge < -0.3 is 15.2 Å². The van der Waals surface area contributed by atoms with E-state index in [1.165, 1.54) is 6.42 Å². The lowest BCUT2D eigenvalue weighted by molar-refractivity contribution is -0.137. The molecule has 0 aromatic carbocycles. The Morgan fingerprint density at radius 2 is 2.11 bits per heavy atom. The van der Waals surface area contributed by atoms with Crippen LogP contribution in [0.3, 0.4) is 0 Å². The first-order valence-corrected chi connectivity index (χ1v) is 6.35. The SMILES string of the molecule is Cc1nc(CN(C)C(=O)C2(N)CCCCC2)no1. The molecule has 1 aliphatic carbocycles. The molecule has 1 aromatic rings. The van der Waals surface area contributed by atoms with Gasteiger partial charge in [-0.05, 0) is 12.8 Å². The summed E-state index contributed by atoms with van der Waals surface area (Å²) < 4.78 is 4.89. The van der Waals surface area contributed by atoms with Crippen LogP contribution >= 0.6 is 0 Å². The molecule has 0 bridgehead atoms. The third kappa shape index (κ3) is 2.69. The molecule has 6 nitrogen and oxygen atoms in total. The Balaban J connectivity index is 1.99. The first kappa shape index (κ1) is 13.0. The fraction of sp³-hybridized carbons (Fsp3) is 0.750. The molecule has 0 radical (unpaired) electrons. The average Bonchev–Trinajstić information content (AvgIpc) is 2.74. The molecule has 0 unspecified atom stereocenters. The van der Waals surface area contributed by atoms with Gasteiger partial charge in [0.25, 0.3) is 0 Å². The van der Waals surface area contributed by atoms with E-state index in [0.29, 0.717) is 18.3 Å². The lowest BCUT2D eigenvalue weighted by Crippen LogP contribution is -2.55. The molecule has 1 fully saturated rings. The van der Waals surface area contributed by atoms with Gasteiger partial charge in [0.2, 0.25) is 11.8 Å². The molecule has 100 valence electrons. The van der Waals surface area contributed by atoms with Crippen molar-refractivity contribution in [3.8, 4) is 0 Å². The van der Waals surface area contributed by atoms with Crippen LogP contribution in [0.4, 0.5) is 0 Å². The summed E-state index contributed by atoms with van der Waals surface area (Å²) in [5.41, 5.74) is 5.50. The molecule has 1 heterocycles. The van der Waals surface area contributed by atoms with Crippen molar-refractivity contribution in [1.82, 2.24) is 15.0 Å². The van der Waals surface area contributed by atoms with Gasteiger partial charge in [0.15, 0.2) is 5.82 Å². The molecule has 0 saturated heterocycles. The fourth-order valence-corrected chi connectivity index (χ4v) is 2.47. The van der Waals surface area contributed by atoms with Gasteiger partial charge in [-0.1, -0.05) is 24.4 Å². The maximum absolute atomic E-state index is 12.3. The van der Waals surface area contributed by atoms with Crippen molar-refractivity contribution >= 4 is 5.91 Å². The lowest BCUT2D eigenvalue weighted by atomic mass is 9.81. The van der Waals surface area contributed by atoms with Crippen molar-refractivity contribution < 1.29 is 9.32 Å². The van der Waals surface area contributed by atoms with Crippen molar-refractivity contribution in [3.05, 3.63) is 11.7 Å². The van der Waals surface area contributed by atoms with Gasteiger partial charge in [0, 0.05) is 14.0 Å². The first-order valence-electron chi connectivity index (χ1n) is 6.35. The van der Waals surface area contributed by atoms with E-state index in [1.807, 2.05) is 0 Å². The topological polar surface area (TPSA) is 85.2 Å². The minimum absolute atomic E-state index is 0.0235. The van der Waals surface area contributed by atoms with Crippen LogP contribution in [0, 0.1) is 6.92 Å². The predicted octanol–water partition coefficient (Wildman–Crippen LogP) is 0.998. The Morgan fingerprint density at radius 3 is 2.67 bits per heavy atom. The van der Waals surface area contributed by atoms with Gasteiger partial charge in [-0.25, -0.2) is 0 Å². The largest absolute Gasteiger partial charge is 0.340 e. The summed E-state index contributed by atoms with van der Waals surface area (Å²) >= 11 is 0. The zero-order valence-electron chi connectivity index (χ0n) is 11.0. The standard InChI is InChI=1S/C12H20N4O2/c1-9-14-10(15-18-9)8-16(2)11(17)12(13)6-4-3-5-7-12/h3-8,13H2,1-2H3. The summed E-state index contributed by atoms with van der Waals surface area (Å²) in [4.78, 5) is 18.0. The quantitative estimate of drug-likeness (QED) is 0.867. The van der Waals surface area contributed by atoms with Crippen molar-refractivity contribution in [2.45, 2.75) is 51.1 Å². The maximum Gasteiger partial charge on any atom is 0.242 e. The molecule has 1 saturated carbocycles. The van der Waals surface area contributed by atoms with Gasteiger partial charge in [-0.3, -0.25) is 4.79 Å². The van der Waals surface area contributed by atoms with Crippen LogP contribution < -0.4 is 5.73 Å². The number of carbonyl (C=O) groups is 1. The monoisotopic (exact) mass is 252 g/mol. The van der Waals surface area contributed by atoms with E-state index in [-0.39, 0.29) is 5.91 Å². The van der Waals surface area contributed by atoms with E-state index in [0.717, 1.165) is 25.7 Å². The van der Waals surface area contributed by atoms with Gasteiger partial charge in [-0.15, -0.1) is 0 Å². The smallest absolute Gasteiger partial charge is 0.242 e. The van der Waals surface area contributed by atoms with Crippen LogP contribution in [0.1, 0.15) is 43.8 Å². The average molecular weight is 252 g/mol. The molecule has 0 aliphatic heterocycles. The van der Waals surface area contributed by atoms with Crippen molar-refractivity contribution in [2.75, 3.05) is 7.05 Å². The van der Waals surface area contributed by atoms with E-state index < -0.39 is 5.54 Å². The molecule has 0 spiro atoms. The normalized spacial score (nSPS) is 18.6. The number of nitrogens with zero attached hydrogens (tertiary/aromatic N) is 3. The second kappa shape index (κ2) is 5.06. The third-order valence-electron chi connectivity index (χ3n) is 3.47. The molecular weight excluding hydrogens is 232 g/mol. The van der Waals surface area contributed by atoms with Crippen molar-refractivity contribution in [1.29, 1.82) is 0 Å². The summed E-state index contributed by atoms with van der Waals surface area (Å²) in [6.07, 6.45) is 4.75. The van der Waals surface area contributed by atoms with Crippen LogP contribution in [0.5, 0.6) is 0 Å². The number of carbonyl (C=O) groups excluding carboxylic acids is 1. The van der Waals surface area contributed by atoms with Gasteiger partial charge in [0.05, 0.1) is 12.1 Å². The second-order valence-corrected chi connectivity index (χ2v) is 5.11. The molecule has 18 heavy (non-hydrogen) atoms. The summed E-state index contributed by atoms with van der Waals surface area (Å²) in [5, 5.41) is 3.79. The fourth-order valence-electron chi connectivity index (χ4n) is 2.47. The minimum atomic E-state index is -0.703. The molecule has 6 heteroatoms. The number of aryl methyl sites for hydroxylation is 1. The van der Waals surface area contributed by atoms with Crippen LogP contribution in [0.25, 0.3) is 0 Å². The number of rotatable bonds is 3. The zero-order valence-corrected chi connectivity index (χ0v) is 11.0. The molecule has 1 aliphatic rings. The van der Waals surface area contributed by atoms with Crippen LogP contribution in [-0.2, 0) is 11.3 Å². The number of likely N-dealkylation sites (N-methyl/N-ethyl adjacent to an activating group) is 1. The van der Waals surface area contributed by atoms with Crippen LogP contribution in [0.15, 0.2) is 4.52 Å². The summed E-state index contributed by atoms with van der Waals surface area (Å²) in [5.74, 6) is 0.999. The Kier molecular flexibility index (Phi) is 3.65. The third-order valence-corrected chi connectivity index (χ3v) is 3.47. The van der Waals surface area contributed by atoms with E-state index in [1.54, 1.807) is 18.9 Å². The Hall–Kier alpha value is -1.43. The first-order chi connectivity index (χ1) is 8.51. The number of hydrogen-bond donors (Lipinski definition) is 1. The highest BCUT2D eigenvalue weighted by atomic mass is 16.5. The summed E-state index contributed by atoms with van der Waals surface area (Å²) in [6, 6.07) is 0. The Morgan fingerprint density at radius 1 is 1.44 bits per heavy atom. The minimum Gasteiger partial charge on any atom is -0.340 e. The molecule has 0 atom stereocenters. The van der Waals surface area contributed by atoms with Crippen molar-refractivity contribution in [2.24, 2.45) is 5.73 Å². The highest BCUT2D eigenvalue weighted by molar-refractivity contribution is 5.85. The number of nitrogens with two attached hydrogens (primary N) is 1. The molecule has 2 rings (SSSR count). The molecule has 2 N–H and O–H groups in total. The maximum atomic E-state index is 12.3. The Bertz CT molecular complexity index is 423. The van der Waals surface area contributed by atoms with E-state index in [4.69, 9.17) is 10.3 Å². The number of aromatic nitrogens is 2. The van der Waals surface area contributed by atoms with Gasteiger partial charge >= 0.3 is 0 Å². The van der Waals surface area contributed by atoms with Gasteiger partial charge in [0.1, 0.15) is 0 Å². The second-order valence-electron chi connectivity index (χ2n) is 5.11. The number of hydrogen-bond acceptors (Lipinski definition) is 5. The molecular formula is C12H20N4O2. The Labute approximate surface area is 107 Å². The highest BCUT2D eigenvalue weighted by Crippen LogP contribution is 2.27. The molecule has 1 amide bonds. The van der Waals surface area contributed by atoms with E-state index in [9.17, 15) is 4.79 Å². The van der Waals surface area contributed by atoms with Crippen LogP contribution in [0.2, 0.25) is 0 Å². The lowest BCUT2D eigenvalue weighted by Gasteiger charge is -2.35. The van der Waals surface area contributed by atoms with E-state index in [2.05, 4.69) is 10.1 Å². The van der Waals surface area contributed by atoms with Crippen molar-refractivity contribution in [3.63, 3.8) is 0 Å². The van der Waals surface area contributed by atoms with E-state index >= 15 is 0 Å². The summed E-state index contributed by atoms with van der Waals surface area (Å²) in [6.45, 7) is 2.07. The highest BCUT2D eigenvalue weighted by Gasteiger charge is 2.37. The van der Waals surface area contributed by atoms with Gasteiger partial charge in [-0.2, -0.15) is 4.98 Å². The summed E-state index contributed by atoms with van der Waals surface area (Å²) in [7, 11) is 1.73. The molecule has 1 aromatic heterocycles. The zero-order chi connectivity index (χ0) is 13.2.